The van der Waals surface area contributed by atoms with Crippen molar-refractivity contribution in [2.45, 2.75) is 31.8 Å². The molecule has 2 rings (SSSR count). The van der Waals surface area contributed by atoms with Crippen molar-refractivity contribution >= 4 is 11.7 Å². The van der Waals surface area contributed by atoms with Crippen LogP contribution in [0.2, 0.25) is 0 Å². The molecule has 110 valence electrons. The molecule has 0 saturated heterocycles. The summed E-state index contributed by atoms with van der Waals surface area (Å²) in [5.41, 5.74) is 0.638. The molecule has 1 aliphatic rings. The maximum Gasteiger partial charge on any atom is 0.251 e. The van der Waals surface area contributed by atoms with Crippen molar-refractivity contribution in [1.82, 2.24) is 10.3 Å². The van der Waals surface area contributed by atoms with Crippen LogP contribution in [0.4, 0.5) is 5.82 Å². The minimum absolute atomic E-state index is 0.0541. The van der Waals surface area contributed by atoms with Crippen LogP contribution in [-0.4, -0.2) is 42.7 Å². The average Bonchev–Trinajstić information content (AvgIpc) is 2.46. The van der Waals surface area contributed by atoms with Gasteiger partial charge < -0.3 is 15.3 Å². The van der Waals surface area contributed by atoms with E-state index < -0.39 is 0 Å². The van der Waals surface area contributed by atoms with E-state index >= 15 is 0 Å². The van der Waals surface area contributed by atoms with E-state index in [1.54, 1.807) is 18.3 Å². The number of pyridine rings is 1. The van der Waals surface area contributed by atoms with Crippen molar-refractivity contribution in [2.75, 3.05) is 25.5 Å². The predicted octanol–water partition coefficient (Wildman–Crippen LogP) is 1.43. The highest BCUT2D eigenvalue weighted by molar-refractivity contribution is 5.94. The summed E-state index contributed by atoms with van der Waals surface area (Å²) in [7, 11) is 3.80. The molecule has 0 bridgehead atoms. The van der Waals surface area contributed by atoms with Gasteiger partial charge in [0.1, 0.15) is 5.82 Å². The Balaban J connectivity index is 1.87. The van der Waals surface area contributed by atoms with E-state index in [1.807, 2.05) is 19.0 Å². The molecule has 2 N–H and O–H groups in total. The number of amides is 1. The van der Waals surface area contributed by atoms with E-state index in [0.29, 0.717) is 18.0 Å². The first kappa shape index (κ1) is 14.8. The van der Waals surface area contributed by atoms with E-state index in [0.717, 1.165) is 31.5 Å². The molecule has 0 radical (unpaired) electrons. The highest BCUT2D eigenvalue weighted by Gasteiger charge is 2.20. The van der Waals surface area contributed by atoms with Crippen molar-refractivity contribution < 1.29 is 9.90 Å². The third-order valence-electron chi connectivity index (χ3n) is 3.83. The van der Waals surface area contributed by atoms with Gasteiger partial charge in [-0.3, -0.25) is 4.79 Å². The van der Waals surface area contributed by atoms with Crippen LogP contribution in [0, 0.1) is 5.92 Å². The summed E-state index contributed by atoms with van der Waals surface area (Å²) in [4.78, 5) is 18.2. The number of nitrogens with zero attached hydrogens (tertiary/aromatic N) is 2. The predicted molar refractivity (Wildman–Crippen MR) is 78.9 cm³/mol. The van der Waals surface area contributed by atoms with Crippen LogP contribution in [0.25, 0.3) is 0 Å². The van der Waals surface area contributed by atoms with Gasteiger partial charge in [-0.05, 0) is 43.7 Å². The molecule has 0 atom stereocenters. The molecular weight excluding hydrogens is 254 g/mol. The molecule has 1 aromatic heterocycles. The topological polar surface area (TPSA) is 65.5 Å². The summed E-state index contributed by atoms with van der Waals surface area (Å²) >= 11 is 0. The lowest BCUT2D eigenvalue weighted by Gasteiger charge is -2.25. The summed E-state index contributed by atoms with van der Waals surface area (Å²) in [5.74, 6) is 1.21. The smallest absolute Gasteiger partial charge is 0.251 e. The summed E-state index contributed by atoms with van der Waals surface area (Å²) < 4.78 is 0. The molecule has 20 heavy (non-hydrogen) atoms. The maximum absolute atomic E-state index is 12.1. The van der Waals surface area contributed by atoms with Gasteiger partial charge in [-0.2, -0.15) is 0 Å². The van der Waals surface area contributed by atoms with Gasteiger partial charge in [0.25, 0.3) is 5.91 Å². The Labute approximate surface area is 120 Å². The number of anilines is 1. The van der Waals surface area contributed by atoms with Gasteiger partial charge in [0.15, 0.2) is 0 Å². The number of nitrogens with one attached hydrogen (secondary N) is 1. The van der Waals surface area contributed by atoms with Gasteiger partial charge >= 0.3 is 0 Å². The van der Waals surface area contributed by atoms with Crippen molar-refractivity contribution in [3.05, 3.63) is 23.9 Å². The Morgan fingerprint density at radius 2 is 2.10 bits per heavy atom. The normalized spacial score (nSPS) is 22.4. The second-order valence-electron chi connectivity index (χ2n) is 5.68. The van der Waals surface area contributed by atoms with Crippen LogP contribution in [-0.2, 0) is 0 Å². The van der Waals surface area contributed by atoms with E-state index in [2.05, 4.69) is 10.3 Å². The summed E-state index contributed by atoms with van der Waals surface area (Å²) in [6, 6.07) is 3.52. The Morgan fingerprint density at radius 1 is 1.40 bits per heavy atom. The van der Waals surface area contributed by atoms with E-state index in [1.165, 1.54) is 0 Å². The molecule has 0 aliphatic heterocycles. The zero-order valence-electron chi connectivity index (χ0n) is 12.2. The van der Waals surface area contributed by atoms with Gasteiger partial charge in [0.05, 0.1) is 6.10 Å². The molecule has 1 heterocycles. The molecule has 5 nitrogen and oxygen atoms in total. The van der Waals surface area contributed by atoms with Crippen molar-refractivity contribution in [2.24, 2.45) is 5.92 Å². The van der Waals surface area contributed by atoms with Crippen molar-refractivity contribution in [1.29, 1.82) is 0 Å². The van der Waals surface area contributed by atoms with Crippen LogP contribution in [0.5, 0.6) is 0 Å². The fourth-order valence-electron chi connectivity index (χ4n) is 2.49. The Morgan fingerprint density at radius 3 is 2.75 bits per heavy atom. The monoisotopic (exact) mass is 277 g/mol. The summed E-state index contributed by atoms with van der Waals surface area (Å²) in [6.07, 6.45) is 5.17. The third kappa shape index (κ3) is 3.93. The first-order chi connectivity index (χ1) is 9.56. The first-order valence-electron chi connectivity index (χ1n) is 7.16. The lowest BCUT2D eigenvalue weighted by Crippen LogP contribution is -2.32. The van der Waals surface area contributed by atoms with Crippen LogP contribution < -0.4 is 10.2 Å². The molecule has 0 aromatic carbocycles. The Bertz CT molecular complexity index is 454. The lowest BCUT2D eigenvalue weighted by molar-refractivity contribution is 0.0910. The van der Waals surface area contributed by atoms with Gasteiger partial charge in [-0.25, -0.2) is 4.98 Å². The number of rotatable bonds is 4. The van der Waals surface area contributed by atoms with Crippen LogP contribution >= 0.6 is 0 Å². The molecule has 1 amide bonds. The molecule has 0 spiro atoms. The molecule has 1 fully saturated rings. The molecular formula is C15H23N3O2. The van der Waals surface area contributed by atoms with Crippen LogP contribution in [0.15, 0.2) is 18.3 Å². The van der Waals surface area contributed by atoms with Crippen molar-refractivity contribution in [3.8, 4) is 0 Å². The number of carbonyl (C=O) groups excluding carboxylic acids is 1. The molecule has 0 unspecified atom stereocenters. The highest BCUT2D eigenvalue weighted by Crippen LogP contribution is 2.23. The second kappa shape index (κ2) is 6.70. The molecule has 5 heteroatoms. The quantitative estimate of drug-likeness (QED) is 0.874. The number of aliphatic hydroxyl groups is 1. The van der Waals surface area contributed by atoms with Crippen LogP contribution in [0.3, 0.4) is 0 Å². The Hall–Kier alpha value is -1.62. The number of hydrogen-bond donors (Lipinski definition) is 2. The minimum atomic E-state index is -0.148. The standard InChI is InChI=1S/C15H23N3O2/c1-18(2)14-9-12(7-8-16-14)15(20)17-10-11-3-5-13(19)6-4-11/h7-9,11,13,19H,3-6,10H2,1-2H3,(H,17,20). The number of aromatic nitrogens is 1. The number of aliphatic hydroxyl groups excluding tert-OH is 1. The largest absolute Gasteiger partial charge is 0.393 e. The SMILES string of the molecule is CN(C)c1cc(C(=O)NCC2CCC(O)CC2)ccn1. The van der Waals surface area contributed by atoms with E-state index in [4.69, 9.17) is 0 Å². The van der Waals surface area contributed by atoms with Gasteiger partial charge in [-0.1, -0.05) is 0 Å². The van der Waals surface area contributed by atoms with E-state index in [9.17, 15) is 9.90 Å². The molecule has 1 aromatic rings. The zero-order chi connectivity index (χ0) is 14.5. The highest BCUT2D eigenvalue weighted by atomic mass is 16.3. The van der Waals surface area contributed by atoms with Crippen molar-refractivity contribution in [3.63, 3.8) is 0 Å². The minimum Gasteiger partial charge on any atom is -0.393 e. The number of hydrogen-bond acceptors (Lipinski definition) is 4. The molecule has 1 saturated carbocycles. The number of carbonyl (C=O) groups is 1. The fourth-order valence-corrected chi connectivity index (χ4v) is 2.49. The van der Waals surface area contributed by atoms with Gasteiger partial charge in [0, 0.05) is 32.4 Å². The second-order valence-corrected chi connectivity index (χ2v) is 5.68. The molecule has 1 aliphatic carbocycles. The summed E-state index contributed by atoms with van der Waals surface area (Å²) in [6.45, 7) is 0.686. The fraction of sp³-hybridized carbons (Fsp3) is 0.600. The van der Waals surface area contributed by atoms with E-state index in [-0.39, 0.29) is 12.0 Å². The van der Waals surface area contributed by atoms with Crippen LogP contribution in [0.1, 0.15) is 36.0 Å². The Kier molecular flexibility index (Phi) is 4.95. The lowest BCUT2D eigenvalue weighted by atomic mass is 9.87. The zero-order valence-corrected chi connectivity index (χ0v) is 12.2. The first-order valence-corrected chi connectivity index (χ1v) is 7.16. The maximum atomic E-state index is 12.1. The average molecular weight is 277 g/mol. The van der Waals surface area contributed by atoms with Gasteiger partial charge in [-0.15, -0.1) is 0 Å². The summed E-state index contributed by atoms with van der Waals surface area (Å²) in [5, 5.41) is 12.4. The third-order valence-corrected chi connectivity index (χ3v) is 3.83. The van der Waals surface area contributed by atoms with Gasteiger partial charge in [0.2, 0.25) is 0 Å².